The van der Waals surface area contributed by atoms with Gasteiger partial charge in [-0.15, -0.1) is 0 Å². The van der Waals surface area contributed by atoms with Crippen molar-refractivity contribution in [2.75, 3.05) is 19.8 Å². The first kappa shape index (κ1) is 14.1. The van der Waals surface area contributed by atoms with Crippen LogP contribution in [0, 0.1) is 5.92 Å². The number of nitrogens with one attached hydrogen (secondary N) is 2. The molecular weight excluding hydrogens is 292 g/mol. The fraction of sp³-hybridized carbons (Fsp3) is 0.353. The van der Waals surface area contributed by atoms with Crippen molar-refractivity contribution in [2.24, 2.45) is 10.9 Å². The standard InChI is InChI=1S/C17H18N4O2/c22-17(11-6-9-23-10-7-11)21-14-5-8-18-15(14)16-19-12-3-1-2-4-13(12)20-16/h1-5,11H,6-10H2,(H,19,20)(H,21,22). The molecular formula is C17H18N4O2. The minimum atomic E-state index is 0.0159. The van der Waals surface area contributed by atoms with Crippen LogP contribution in [0.4, 0.5) is 0 Å². The molecule has 0 atom stereocenters. The van der Waals surface area contributed by atoms with Crippen molar-refractivity contribution in [1.29, 1.82) is 0 Å². The first-order chi connectivity index (χ1) is 11.3. The van der Waals surface area contributed by atoms with Gasteiger partial charge in [0, 0.05) is 19.1 Å². The van der Waals surface area contributed by atoms with Crippen LogP contribution in [-0.2, 0) is 9.53 Å². The Balaban J connectivity index is 1.53. The molecule has 6 nitrogen and oxygen atoms in total. The van der Waals surface area contributed by atoms with Crippen LogP contribution in [0.3, 0.4) is 0 Å². The summed E-state index contributed by atoms with van der Waals surface area (Å²) >= 11 is 0. The summed E-state index contributed by atoms with van der Waals surface area (Å²) < 4.78 is 5.31. The lowest BCUT2D eigenvalue weighted by molar-refractivity contribution is -0.126. The van der Waals surface area contributed by atoms with Crippen molar-refractivity contribution in [3.63, 3.8) is 0 Å². The molecule has 1 saturated heterocycles. The van der Waals surface area contributed by atoms with Gasteiger partial charge in [0.2, 0.25) is 5.91 Å². The summed E-state index contributed by atoms with van der Waals surface area (Å²) in [7, 11) is 0. The molecule has 2 aliphatic heterocycles. The van der Waals surface area contributed by atoms with Crippen LogP contribution < -0.4 is 5.32 Å². The smallest absolute Gasteiger partial charge is 0.227 e. The lowest BCUT2D eigenvalue weighted by Gasteiger charge is -2.21. The molecule has 6 heteroatoms. The number of imidazole rings is 1. The molecule has 1 amide bonds. The van der Waals surface area contributed by atoms with E-state index in [0.29, 0.717) is 25.6 Å². The van der Waals surface area contributed by atoms with Gasteiger partial charge in [-0.3, -0.25) is 9.79 Å². The monoisotopic (exact) mass is 310 g/mol. The van der Waals surface area contributed by atoms with Crippen molar-refractivity contribution in [2.45, 2.75) is 12.8 Å². The maximum absolute atomic E-state index is 12.4. The van der Waals surface area contributed by atoms with Crippen molar-refractivity contribution in [1.82, 2.24) is 15.3 Å². The minimum absolute atomic E-state index is 0.0159. The van der Waals surface area contributed by atoms with Gasteiger partial charge in [0.25, 0.3) is 0 Å². The highest BCUT2D eigenvalue weighted by molar-refractivity contribution is 6.14. The van der Waals surface area contributed by atoms with E-state index in [9.17, 15) is 4.79 Å². The van der Waals surface area contributed by atoms with Gasteiger partial charge >= 0.3 is 0 Å². The second-order valence-electron chi connectivity index (χ2n) is 5.79. The zero-order valence-corrected chi connectivity index (χ0v) is 12.7. The fourth-order valence-corrected chi connectivity index (χ4v) is 2.98. The molecule has 3 heterocycles. The number of para-hydroxylation sites is 2. The molecule has 0 unspecified atom stereocenters. The third kappa shape index (κ3) is 2.77. The molecule has 1 fully saturated rings. The van der Waals surface area contributed by atoms with Gasteiger partial charge in [0.15, 0.2) is 5.82 Å². The topological polar surface area (TPSA) is 79.4 Å². The number of carbonyl (C=O) groups is 1. The lowest BCUT2D eigenvalue weighted by atomic mass is 9.99. The average Bonchev–Trinajstić information content (AvgIpc) is 3.21. The molecule has 1 aromatic carbocycles. The predicted octanol–water partition coefficient (Wildman–Crippen LogP) is 1.79. The molecule has 23 heavy (non-hydrogen) atoms. The summed E-state index contributed by atoms with van der Waals surface area (Å²) in [6, 6.07) is 7.84. The molecule has 0 radical (unpaired) electrons. The van der Waals surface area contributed by atoms with E-state index in [4.69, 9.17) is 4.74 Å². The number of hydrogen-bond donors (Lipinski definition) is 2. The Kier molecular flexibility index (Phi) is 3.67. The van der Waals surface area contributed by atoms with Crippen LogP contribution in [0.5, 0.6) is 0 Å². The summed E-state index contributed by atoms with van der Waals surface area (Å²) in [6.45, 7) is 1.87. The third-order valence-corrected chi connectivity index (χ3v) is 4.26. The summed E-state index contributed by atoms with van der Waals surface area (Å²) in [5.74, 6) is 0.759. The number of aromatic amines is 1. The third-order valence-electron chi connectivity index (χ3n) is 4.26. The normalized spacial score (nSPS) is 18.8. The molecule has 1 aromatic heterocycles. The van der Waals surface area contributed by atoms with E-state index in [2.05, 4.69) is 20.3 Å². The number of aromatic nitrogens is 2. The molecule has 2 aromatic rings. The van der Waals surface area contributed by atoms with Gasteiger partial charge < -0.3 is 15.0 Å². The SMILES string of the molecule is O=C(NC1=CCN=C1c1nc2ccccc2[nH]1)C1CCOCC1. The Bertz CT molecular complexity index is 767. The van der Waals surface area contributed by atoms with E-state index < -0.39 is 0 Å². The summed E-state index contributed by atoms with van der Waals surface area (Å²) in [5.41, 5.74) is 3.33. The first-order valence-corrected chi connectivity index (χ1v) is 7.90. The second-order valence-corrected chi connectivity index (χ2v) is 5.79. The van der Waals surface area contributed by atoms with Crippen molar-refractivity contribution in [3.8, 4) is 0 Å². The fourth-order valence-electron chi connectivity index (χ4n) is 2.98. The highest BCUT2D eigenvalue weighted by atomic mass is 16.5. The number of fused-ring (bicyclic) bond motifs is 1. The van der Waals surface area contributed by atoms with E-state index in [-0.39, 0.29) is 11.8 Å². The molecule has 2 aliphatic rings. The number of hydrogen-bond acceptors (Lipinski definition) is 4. The highest BCUT2D eigenvalue weighted by Crippen LogP contribution is 2.18. The lowest BCUT2D eigenvalue weighted by Crippen LogP contribution is -2.35. The Morgan fingerprint density at radius 1 is 1.26 bits per heavy atom. The molecule has 0 saturated carbocycles. The Labute approximate surface area is 133 Å². The number of benzene rings is 1. The number of rotatable bonds is 3. The van der Waals surface area contributed by atoms with E-state index in [1.165, 1.54) is 0 Å². The van der Waals surface area contributed by atoms with Crippen molar-refractivity contribution in [3.05, 3.63) is 41.9 Å². The zero-order chi connectivity index (χ0) is 15.6. The Hall–Kier alpha value is -2.47. The first-order valence-electron chi connectivity index (χ1n) is 7.90. The number of H-pyrrole nitrogens is 1. The van der Waals surface area contributed by atoms with Crippen LogP contribution in [0.25, 0.3) is 11.0 Å². The average molecular weight is 310 g/mol. The number of aliphatic imine (C=N–C) groups is 1. The van der Waals surface area contributed by atoms with Gasteiger partial charge in [0.1, 0.15) is 5.71 Å². The van der Waals surface area contributed by atoms with Crippen LogP contribution in [0.15, 0.2) is 41.0 Å². The molecule has 118 valence electrons. The van der Waals surface area contributed by atoms with Gasteiger partial charge in [-0.2, -0.15) is 0 Å². The van der Waals surface area contributed by atoms with Crippen molar-refractivity contribution < 1.29 is 9.53 Å². The van der Waals surface area contributed by atoms with E-state index in [1.807, 2.05) is 30.3 Å². The van der Waals surface area contributed by atoms with Crippen molar-refractivity contribution >= 4 is 22.7 Å². The quantitative estimate of drug-likeness (QED) is 0.907. The van der Waals surface area contributed by atoms with Gasteiger partial charge in [-0.1, -0.05) is 12.1 Å². The number of allylic oxidation sites excluding steroid dienone is 1. The van der Waals surface area contributed by atoms with Gasteiger partial charge in [-0.25, -0.2) is 4.98 Å². The van der Waals surface area contributed by atoms with Gasteiger partial charge in [0.05, 0.1) is 23.3 Å². The molecule has 0 spiro atoms. The molecule has 2 N–H and O–H groups in total. The van der Waals surface area contributed by atoms with E-state index in [1.54, 1.807) is 0 Å². The maximum Gasteiger partial charge on any atom is 0.227 e. The second kappa shape index (κ2) is 5.96. The number of carbonyl (C=O) groups excluding carboxylic acids is 1. The van der Waals surface area contributed by atoms with Crippen LogP contribution in [0.2, 0.25) is 0 Å². The number of amides is 1. The van der Waals surface area contributed by atoms with Crippen LogP contribution in [-0.4, -0.2) is 41.3 Å². The Morgan fingerprint density at radius 3 is 2.91 bits per heavy atom. The highest BCUT2D eigenvalue weighted by Gasteiger charge is 2.25. The van der Waals surface area contributed by atoms with E-state index in [0.717, 1.165) is 35.3 Å². The van der Waals surface area contributed by atoms with E-state index >= 15 is 0 Å². The molecule has 0 bridgehead atoms. The summed E-state index contributed by atoms with van der Waals surface area (Å²) in [4.78, 5) is 24.7. The Morgan fingerprint density at radius 2 is 2.09 bits per heavy atom. The number of nitrogens with zero attached hydrogens (tertiary/aromatic N) is 2. The molecule has 4 rings (SSSR count). The van der Waals surface area contributed by atoms with Crippen LogP contribution >= 0.6 is 0 Å². The summed E-state index contributed by atoms with van der Waals surface area (Å²) in [6.07, 6.45) is 3.48. The predicted molar refractivity (Wildman–Crippen MR) is 87.3 cm³/mol. The zero-order valence-electron chi connectivity index (χ0n) is 12.7. The minimum Gasteiger partial charge on any atom is -0.381 e. The van der Waals surface area contributed by atoms with Gasteiger partial charge in [-0.05, 0) is 31.1 Å². The molecule has 0 aliphatic carbocycles. The number of ether oxygens (including phenoxy) is 1. The maximum atomic E-state index is 12.4. The summed E-state index contributed by atoms with van der Waals surface area (Å²) in [5, 5.41) is 3.02. The largest absolute Gasteiger partial charge is 0.381 e. The van der Waals surface area contributed by atoms with Crippen LogP contribution in [0.1, 0.15) is 18.7 Å².